The fourth-order valence-electron chi connectivity index (χ4n) is 3.66. The van der Waals surface area contributed by atoms with E-state index >= 15 is 0 Å². The average Bonchev–Trinajstić information content (AvgIpc) is 2.81. The van der Waals surface area contributed by atoms with E-state index in [-0.39, 0.29) is 11.8 Å². The molecule has 2 N–H and O–H groups in total. The lowest BCUT2D eigenvalue weighted by molar-refractivity contribution is -0.0999. The molecule has 3 rings (SSSR count). The van der Waals surface area contributed by atoms with Crippen molar-refractivity contribution in [1.29, 1.82) is 0 Å². The van der Waals surface area contributed by atoms with Gasteiger partial charge in [0.25, 0.3) is 0 Å². The number of halogens is 3. The lowest BCUT2D eigenvalue weighted by Gasteiger charge is -2.20. The zero-order valence-electron chi connectivity index (χ0n) is 19.1. The lowest BCUT2D eigenvalue weighted by atomic mass is 10.0. The maximum atomic E-state index is 12.5. The molecule has 3 aromatic carbocycles. The van der Waals surface area contributed by atoms with E-state index in [2.05, 4.69) is 31.3 Å². The van der Waals surface area contributed by atoms with Crippen LogP contribution >= 0.6 is 0 Å². The van der Waals surface area contributed by atoms with Crippen molar-refractivity contribution < 1.29 is 17.9 Å². The van der Waals surface area contributed by atoms with Gasteiger partial charge in [-0.15, -0.1) is 0 Å². The second-order valence-corrected chi connectivity index (χ2v) is 7.98. The number of rotatable bonds is 11. The predicted octanol–water partition coefficient (Wildman–Crippen LogP) is 7.90. The van der Waals surface area contributed by atoms with Gasteiger partial charge in [0.05, 0.1) is 11.8 Å². The minimum atomic E-state index is -4.45. The summed E-state index contributed by atoms with van der Waals surface area (Å²) in [5.41, 5.74) is 3.96. The number of alkyl halides is 3. The normalized spacial score (nSPS) is 11.5. The lowest BCUT2D eigenvalue weighted by Crippen LogP contribution is -2.20. The fourth-order valence-corrected chi connectivity index (χ4v) is 3.66. The Morgan fingerprint density at radius 1 is 0.848 bits per heavy atom. The number of benzene rings is 3. The minimum absolute atomic E-state index is 0.0131. The van der Waals surface area contributed by atoms with Crippen LogP contribution in [0.2, 0.25) is 0 Å². The number of aryl methyl sites for hydroxylation is 1. The Labute approximate surface area is 194 Å². The highest BCUT2D eigenvalue weighted by Crippen LogP contribution is 2.33. The van der Waals surface area contributed by atoms with Gasteiger partial charge in [-0.05, 0) is 66.6 Å². The second kappa shape index (κ2) is 11.6. The van der Waals surface area contributed by atoms with Crippen LogP contribution in [0, 0.1) is 0 Å². The molecule has 0 radical (unpaired) electrons. The van der Waals surface area contributed by atoms with Gasteiger partial charge in [-0.3, -0.25) is 5.32 Å². The minimum Gasteiger partial charge on any atom is -0.488 e. The summed E-state index contributed by atoms with van der Waals surface area (Å²) in [5.74, 6) is 0.794. The standard InChI is InChI=1S/C27H31F3N2O/c1-3-24(4-2)33-26-17-14-22(21-12-15-23(16-13-21)32-27(28,29)30)19-25(26)31-18-8-11-20-9-6-5-7-10-20/h5-7,9-10,12-17,19,24,31-32H,3-4,8,11,18H2,1-2H3. The van der Waals surface area contributed by atoms with Crippen molar-refractivity contribution in [2.24, 2.45) is 0 Å². The van der Waals surface area contributed by atoms with Crippen LogP contribution in [-0.4, -0.2) is 18.9 Å². The highest BCUT2D eigenvalue weighted by Gasteiger charge is 2.26. The molecule has 0 aliphatic carbocycles. The molecule has 0 saturated heterocycles. The van der Waals surface area contributed by atoms with Gasteiger partial charge in [0.15, 0.2) is 0 Å². The smallest absolute Gasteiger partial charge is 0.482 e. The van der Waals surface area contributed by atoms with Crippen LogP contribution < -0.4 is 15.4 Å². The molecule has 0 fully saturated rings. The van der Waals surface area contributed by atoms with Crippen LogP contribution in [0.25, 0.3) is 11.1 Å². The topological polar surface area (TPSA) is 33.3 Å². The molecular formula is C27H31F3N2O. The molecule has 0 spiro atoms. The van der Waals surface area contributed by atoms with Crippen molar-refractivity contribution in [3.05, 3.63) is 78.4 Å². The molecule has 0 unspecified atom stereocenters. The summed E-state index contributed by atoms with van der Waals surface area (Å²) < 4.78 is 43.9. The quantitative estimate of drug-likeness (QED) is 0.227. The first-order valence-corrected chi connectivity index (χ1v) is 11.4. The largest absolute Gasteiger partial charge is 0.488 e. The summed E-state index contributed by atoms with van der Waals surface area (Å²) >= 11 is 0. The van der Waals surface area contributed by atoms with E-state index < -0.39 is 6.30 Å². The molecule has 0 atom stereocenters. The van der Waals surface area contributed by atoms with Gasteiger partial charge in [0.2, 0.25) is 0 Å². The van der Waals surface area contributed by atoms with Gasteiger partial charge in [-0.1, -0.05) is 62.4 Å². The fraction of sp³-hybridized carbons (Fsp3) is 0.333. The van der Waals surface area contributed by atoms with Gasteiger partial charge in [0, 0.05) is 12.2 Å². The van der Waals surface area contributed by atoms with Gasteiger partial charge < -0.3 is 10.1 Å². The molecular weight excluding hydrogens is 425 g/mol. The summed E-state index contributed by atoms with van der Waals surface area (Å²) in [6.07, 6.45) is -0.542. The summed E-state index contributed by atoms with van der Waals surface area (Å²) in [6, 6.07) is 22.5. The molecule has 0 saturated carbocycles. The third-order valence-electron chi connectivity index (χ3n) is 5.49. The molecule has 6 heteroatoms. The Balaban J connectivity index is 1.75. The van der Waals surface area contributed by atoms with Crippen molar-refractivity contribution in [1.82, 2.24) is 0 Å². The molecule has 0 bridgehead atoms. The number of nitrogens with one attached hydrogen (secondary N) is 2. The van der Waals surface area contributed by atoms with E-state index in [1.54, 1.807) is 12.1 Å². The zero-order chi connectivity index (χ0) is 23.7. The molecule has 0 heterocycles. The highest BCUT2D eigenvalue weighted by molar-refractivity contribution is 5.73. The molecule has 33 heavy (non-hydrogen) atoms. The van der Waals surface area contributed by atoms with E-state index in [0.717, 1.165) is 54.8 Å². The predicted molar refractivity (Wildman–Crippen MR) is 130 cm³/mol. The number of ether oxygens (including phenoxy) is 1. The molecule has 0 amide bonds. The van der Waals surface area contributed by atoms with Crippen LogP contribution in [0.3, 0.4) is 0 Å². The summed E-state index contributed by atoms with van der Waals surface area (Å²) in [5, 5.41) is 5.03. The third kappa shape index (κ3) is 7.74. The molecule has 176 valence electrons. The first-order chi connectivity index (χ1) is 15.9. The zero-order valence-corrected chi connectivity index (χ0v) is 19.1. The van der Waals surface area contributed by atoms with Gasteiger partial charge in [-0.2, -0.15) is 13.2 Å². The van der Waals surface area contributed by atoms with Crippen LogP contribution in [0.1, 0.15) is 38.7 Å². The van der Waals surface area contributed by atoms with E-state index in [1.165, 1.54) is 23.0 Å². The molecule has 3 aromatic rings. The first-order valence-electron chi connectivity index (χ1n) is 11.4. The van der Waals surface area contributed by atoms with Crippen molar-refractivity contribution in [2.75, 3.05) is 17.2 Å². The Kier molecular flexibility index (Phi) is 8.64. The van der Waals surface area contributed by atoms with E-state index in [4.69, 9.17) is 4.74 Å². The monoisotopic (exact) mass is 456 g/mol. The van der Waals surface area contributed by atoms with Crippen LogP contribution in [0.15, 0.2) is 72.8 Å². The van der Waals surface area contributed by atoms with E-state index in [0.29, 0.717) is 0 Å². The van der Waals surface area contributed by atoms with Crippen LogP contribution in [0.4, 0.5) is 24.5 Å². The van der Waals surface area contributed by atoms with Crippen LogP contribution in [-0.2, 0) is 6.42 Å². The Morgan fingerprint density at radius 2 is 1.52 bits per heavy atom. The second-order valence-electron chi connectivity index (χ2n) is 7.98. The van der Waals surface area contributed by atoms with Gasteiger partial charge in [-0.25, -0.2) is 0 Å². The van der Waals surface area contributed by atoms with Crippen molar-refractivity contribution in [3.63, 3.8) is 0 Å². The third-order valence-corrected chi connectivity index (χ3v) is 5.49. The van der Waals surface area contributed by atoms with E-state index in [9.17, 15) is 13.2 Å². The van der Waals surface area contributed by atoms with Crippen molar-refractivity contribution in [3.8, 4) is 16.9 Å². The average molecular weight is 457 g/mol. The summed E-state index contributed by atoms with van der Waals surface area (Å²) in [4.78, 5) is 0. The van der Waals surface area contributed by atoms with Crippen molar-refractivity contribution in [2.45, 2.75) is 51.9 Å². The maximum absolute atomic E-state index is 12.5. The van der Waals surface area contributed by atoms with Gasteiger partial charge in [0.1, 0.15) is 5.75 Å². The van der Waals surface area contributed by atoms with Crippen molar-refractivity contribution >= 4 is 11.4 Å². The first kappa shape index (κ1) is 24.5. The SMILES string of the molecule is CCC(CC)Oc1ccc(-c2ccc(NC(F)(F)F)cc2)cc1NCCCc1ccccc1. The molecule has 0 aliphatic rings. The summed E-state index contributed by atoms with van der Waals surface area (Å²) in [7, 11) is 0. The number of anilines is 2. The Bertz CT molecular complexity index is 984. The molecule has 0 aromatic heterocycles. The molecule has 0 aliphatic heterocycles. The highest BCUT2D eigenvalue weighted by atomic mass is 19.4. The molecule has 3 nitrogen and oxygen atoms in total. The number of hydrogen-bond donors (Lipinski definition) is 2. The summed E-state index contributed by atoms with van der Waals surface area (Å²) in [6.45, 7) is 4.99. The van der Waals surface area contributed by atoms with Gasteiger partial charge >= 0.3 is 6.30 Å². The Hall–Kier alpha value is -3.15. The van der Waals surface area contributed by atoms with Crippen LogP contribution in [0.5, 0.6) is 5.75 Å². The van der Waals surface area contributed by atoms with E-state index in [1.807, 2.05) is 36.4 Å². The number of hydrogen-bond acceptors (Lipinski definition) is 3. The maximum Gasteiger partial charge on any atom is 0.482 e. The Morgan fingerprint density at radius 3 is 2.15 bits per heavy atom.